The van der Waals surface area contributed by atoms with Crippen LogP contribution in [0.15, 0.2) is 72.8 Å². The van der Waals surface area contributed by atoms with E-state index in [0.717, 1.165) is 12.8 Å². The number of carbonyl (C=O) groups excluding carboxylic acids is 1. The lowest BCUT2D eigenvalue weighted by Gasteiger charge is -2.29. The zero-order valence-electron chi connectivity index (χ0n) is 38.0. The summed E-state index contributed by atoms with van der Waals surface area (Å²) < 4.78 is 5.72. The van der Waals surface area contributed by atoms with E-state index < -0.39 is 0 Å². The molecule has 0 aliphatic heterocycles. The fourth-order valence-electron chi connectivity index (χ4n) is 8.48. The number of aryl methyl sites for hydroxylation is 1. The number of carbonyl (C=O) groups is 1. The van der Waals surface area contributed by atoms with Gasteiger partial charge in [-0.2, -0.15) is 0 Å². The van der Waals surface area contributed by atoms with Crippen LogP contribution in [0.4, 0.5) is 0 Å². The zero-order chi connectivity index (χ0) is 41.0. The van der Waals surface area contributed by atoms with Crippen LogP contribution in [-0.4, -0.2) is 5.97 Å². The fourth-order valence-corrected chi connectivity index (χ4v) is 8.48. The molecular formula is C55H86O2. The summed E-state index contributed by atoms with van der Waals surface area (Å²) >= 11 is 0. The van der Waals surface area contributed by atoms with Crippen LogP contribution in [0.3, 0.4) is 0 Å². The minimum absolute atomic E-state index is 0.0742. The van der Waals surface area contributed by atoms with Gasteiger partial charge in [0.25, 0.3) is 0 Å². The van der Waals surface area contributed by atoms with Gasteiger partial charge in [0.05, 0.1) is 0 Å². The molecule has 2 nitrogen and oxygen atoms in total. The van der Waals surface area contributed by atoms with Crippen LogP contribution in [0.5, 0.6) is 5.75 Å². The molecule has 0 saturated carbocycles. The van der Waals surface area contributed by atoms with Crippen LogP contribution in [0.1, 0.15) is 243 Å². The average Bonchev–Trinajstić information content (AvgIpc) is 3.21. The van der Waals surface area contributed by atoms with E-state index in [-0.39, 0.29) is 16.8 Å². The Labute approximate surface area is 352 Å². The number of unbranched alkanes of at least 4 members (excludes halogenated alkanes) is 24. The van der Waals surface area contributed by atoms with E-state index in [2.05, 4.69) is 102 Å². The Morgan fingerprint density at radius 1 is 0.386 bits per heavy atom. The monoisotopic (exact) mass is 779 g/mol. The first-order valence-electron chi connectivity index (χ1n) is 24.2. The molecule has 3 rings (SSSR count). The lowest BCUT2D eigenvalue weighted by molar-refractivity contribution is -0.134. The summed E-state index contributed by atoms with van der Waals surface area (Å²) in [6.07, 6.45) is 36.9. The summed E-state index contributed by atoms with van der Waals surface area (Å²) in [4.78, 5) is 12.6. The number of benzene rings is 3. The van der Waals surface area contributed by atoms with Gasteiger partial charge in [0.2, 0.25) is 0 Å². The minimum atomic E-state index is -0.172. The minimum Gasteiger partial charge on any atom is -0.427 e. The zero-order valence-corrected chi connectivity index (χ0v) is 38.0. The van der Waals surface area contributed by atoms with Gasteiger partial charge in [-0.15, -0.1) is 0 Å². The lowest BCUT2D eigenvalue weighted by Crippen LogP contribution is -2.21. The highest BCUT2D eigenvalue weighted by molar-refractivity contribution is 5.72. The molecule has 0 aliphatic rings. The van der Waals surface area contributed by atoms with Gasteiger partial charge in [0.15, 0.2) is 0 Å². The quantitative estimate of drug-likeness (QED) is 0.0350. The van der Waals surface area contributed by atoms with E-state index in [1.54, 1.807) is 0 Å². The molecule has 0 heterocycles. The molecule has 0 spiro atoms. The number of ether oxygens (including phenoxy) is 1. The van der Waals surface area contributed by atoms with Gasteiger partial charge in [0.1, 0.15) is 5.75 Å². The highest BCUT2D eigenvalue weighted by Crippen LogP contribution is 2.36. The van der Waals surface area contributed by atoms with Crippen molar-refractivity contribution in [2.45, 2.75) is 232 Å². The number of hydrogen-bond donors (Lipinski definition) is 0. The summed E-state index contributed by atoms with van der Waals surface area (Å²) in [6, 6.07) is 26.8. The third kappa shape index (κ3) is 19.2. The molecule has 318 valence electrons. The maximum absolute atomic E-state index is 12.6. The van der Waals surface area contributed by atoms with Gasteiger partial charge >= 0.3 is 5.97 Å². The van der Waals surface area contributed by atoms with Crippen LogP contribution in [-0.2, 0) is 22.0 Å². The number of esters is 1. The second-order valence-corrected chi connectivity index (χ2v) is 18.5. The maximum Gasteiger partial charge on any atom is 0.311 e. The Hall–Kier alpha value is -2.87. The lowest BCUT2D eigenvalue weighted by atomic mass is 9.74. The van der Waals surface area contributed by atoms with Gasteiger partial charge in [-0.05, 0) is 59.2 Å². The topological polar surface area (TPSA) is 26.3 Å². The van der Waals surface area contributed by atoms with Crippen molar-refractivity contribution in [3.63, 3.8) is 0 Å². The first-order chi connectivity index (χ1) is 27.7. The third-order valence-electron chi connectivity index (χ3n) is 12.9. The molecular weight excluding hydrogens is 693 g/mol. The predicted octanol–water partition coefficient (Wildman–Crippen LogP) is 17.4. The van der Waals surface area contributed by atoms with Crippen molar-refractivity contribution in [3.8, 4) is 5.75 Å². The highest BCUT2D eigenvalue weighted by Gasteiger charge is 2.26. The Kier molecular flexibility index (Phi) is 24.3. The van der Waals surface area contributed by atoms with E-state index in [0.29, 0.717) is 12.2 Å². The van der Waals surface area contributed by atoms with Crippen LogP contribution >= 0.6 is 0 Å². The van der Waals surface area contributed by atoms with Gasteiger partial charge in [0, 0.05) is 17.3 Å². The summed E-state index contributed by atoms with van der Waals surface area (Å²) in [6.45, 7) is 13.8. The van der Waals surface area contributed by atoms with Crippen molar-refractivity contribution < 1.29 is 9.53 Å². The molecule has 3 aromatic rings. The Bertz CT molecular complexity index is 1430. The van der Waals surface area contributed by atoms with E-state index in [1.165, 1.54) is 188 Å². The highest BCUT2D eigenvalue weighted by atomic mass is 16.5. The summed E-state index contributed by atoms with van der Waals surface area (Å²) in [5, 5.41) is 0. The van der Waals surface area contributed by atoms with E-state index in [4.69, 9.17) is 4.74 Å². The van der Waals surface area contributed by atoms with Crippen molar-refractivity contribution >= 4 is 5.97 Å². The summed E-state index contributed by atoms with van der Waals surface area (Å²) in [5.41, 5.74) is 6.40. The predicted molar refractivity (Wildman–Crippen MR) is 249 cm³/mol. The van der Waals surface area contributed by atoms with Crippen molar-refractivity contribution in [2.75, 3.05) is 0 Å². The molecule has 0 amide bonds. The molecule has 0 bridgehead atoms. The SMILES string of the molecule is CCCCCCCCCCCCCCCC(=O)Oc1ccc(C(C)(C)c2ccc(C(C)(C)c3ccc(CCCCCCCCCCCCCCC)cc3)cc2)cc1. The Morgan fingerprint density at radius 3 is 1.02 bits per heavy atom. The van der Waals surface area contributed by atoms with Crippen LogP contribution in [0.2, 0.25) is 0 Å². The molecule has 57 heavy (non-hydrogen) atoms. The Morgan fingerprint density at radius 2 is 0.667 bits per heavy atom. The van der Waals surface area contributed by atoms with Crippen molar-refractivity contribution in [2.24, 2.45) is 0 Å². The first-order valence-corrected chi connectivity index (χ1v) is 24.2. The van der Waals surface area contributed by atoms with Crippen molar-refractivity contribution in [1.29, 1.82) is 0 Å². The van der Waals surface area contributed by atoms with Gasteiger partial charge in [-0.25, -0.2) is 0 Å². The fraction of sp³-hybridized carbons (Fsp3) is 0.655. The molecule has 0 radical (unpaired) electrons. The van der Waals surface area contributed by atoms with Crippen LogP contribution < -0.4 is 4.74 Å². The molecule has 0 atom stereocenters. The third-order valence-corrected chi connectivity index (χ3v) is 12.9. The van der Waals surface area contributed by atoms with Gasteiger partial charge in [-0.1, -0.05) is 256 Å². The van der Waals surface area contributed by atoms with Gasteiger partial charge in [-0.3, -0.25) is 4.79 Å². The van der Waals surface area contributed by atoms with Gasteiger partial charge < -0.3 is 4.74 Å². The Balaban J connectivity index is 1.34. The number of hydrogen-bond acceptors (Lipinski definition) is 2. The first kappa shape index (κ1) is 48.5. The molecule has 0 aliphatic carbocycles. The summed E-state index contributed by atoms with van der Waals surface area (Å²) in [5.74, 6) is 0.523. The largest absolute Gasteiger partial charge is 0.427 e. The molecule has 0 saturated heterocycles. The standard InChI is InChI=1S/C55H86O2/c1-7-9-11-13-15-17-19-21-23-25-27-29-31-33-47-35-37-48(38-36-47)54(3,4)49-39-41-50(42-40-49)55(5,6)51-43-45-52(46-44-51)57-53(56)34-32-30-28-26-24-22-20-18-16-14-12-10-8-2/h35-46H,7-34H2,1-6H3. The maximum atomic E-state index is 12.6. The second kappa shape index (κ2) is 28.5. The molecule has 0 unspecified atom stereocenters. The molecule has 3 aromatic carbocycles. The van der Waals surface area contributed by atoms with E-state index >= 15 is 0 Å². The van der Waals surface area contributed by atoms with Crippen molar-refractivity contribution in [3.05, 3.63) is 101 Å². The smallest absolute Gasteiger partial charge is 0.311 e. The van der Waals surface area contributed by atoms with E-state index in [9.17, 15) is 4.79 Å². The number of rotatable bonds is 33. The molecule has 0 aromatic heterocycles. The second-order valence-electron chi connectivity index (χ2n) is 18.5. The van der Waals surface area contributed by atoms with Crippen LogP contribution in [0.25, 0.3) is 0 Å². The average molecular weight is 779 g/mol. The van der Waals surface area contributed by atoms with Crippen LogP contribution in [0, 0.1) is 0 Å². The normalized spacial score (nSPS) is 12.0. The summed E-state index contributed by atoms with van der Waals surface area (Å²) in [7, 11) is 0. The molecule has 0 N–H and O–H groups in total. The van der Waals surface area contributed by atoms with E-state index in [1.807, 2.05) is 12.1 Å². The van der Waals surface area contributed by atoms with Crippen molar-refractivity contribution in [1.82, 2.24) is 0 Å². The molecule has 0 fully saturated rings. The molecule has 2 heteroatoms.